The van der Waals surface area contributed by atoms with E-state index in [2.05, 4.69) is 15.5 Å². The van der Waals surface area contributed by atoms with Crippen LogP contribution in [0.25, 0.3) is 0 Å². The fourth-order valence-electron chi connectivity index (χ4n) is 2.64. The molecule has 0 saturated heterocycles. The van der Waals surface area contributed by atoms with E-state index in [4.69, 9.17) is 4.74 Å². The van der Waals surface area contributed by atoms with Gasteiger partial charge in [-0.25, -0.2) is 23.1 Å². The van der Waals surface area contributed by atoms with Crippen molar-refractivity contribution in [2.75, 3.05) is 10.8 Å². The molecule has 1 N–H and O–H groups in total. The van der Waals surface area contributed by atoms with Crippen LogP contribution in [0.4, 0.5) is 5.82 Å². The normalized spacial score (nSPS) is 11.2. The van der Waals surface area contributed by atoms with Gasteiger partial charge in [0.05, 0.1) is 11.1 Å². The van der Waals surface area contributed by atoms with Gasteiger partial charge >= 0.3 is 5.97 Å². The molecule has 3 aromatic rings. The summed E-state index contributed by atoms with van der Waals surface area (Å²) in [5, 5.41) is 3.86. The summed E-state index contributed by atoms with van der Waals surface area (Å²) in [7, 11) is -4.02. The predicted molar refractivity (Wildman–Crippen MR) is 119 cm³/mol. The van der Waals surface area contributed by atoms with Crippen molar-refractivity contribution in [3.05, 3.63) is 84.6 Å². The van der Waals surface area contributed by atoms with E-state index in [0.29, 0.717) is 11.3 Å². The zero-order valence-electron chi connectivity index (χ0n) is 17.1. The smallest absolute Gasteiger partial charge is 0.308 e. The molecule has 0 saturated carbocycles. The van der Waals surface area contributed by atoms with Crippen LogP contribution in [-0.2, 0) is 19.6 Å². The van der Waals surface area contributed by atoms with Gasteiger partial charge in [-0.2, -0.15) is 5.10 Å². The molecule has 0 unspecified atom stereocenters. The molecule has 2 aromatic carbocycles. The van der Waals surface area contributed by atoms with Gasteiger partial charge in [-0.3, -0.25) is 9.59 Å². The third-order valence-electron chi connectivity index (χ3n) is 4.07. The van der Waals surface area contributed by atoms with Crippen LogP contribution in [0.1, 0.15) is 12.5 Å². The average Bonchev–Trinajstić information content (AvgIpc) is 2.79. The third-order valence-corrected chi connectivity index (χ3v) is 5.83. The zero-order chi connectivity index (χ0) is 23.0. The standard InChI is InChI=1S/C22H20N4O5S/c1-17(27)31-19-12-10-18(11-13-19)15-24-25-22(28)16-26(21-9-5-6-14-23-21)32(29,30)20-7-3-2-4-8-20/h2-15H,16H2,1H3,(H,25,28)/b24-15-. The highest BCUT2D eigenvalue weighted by Gasteiger charge is 2.27. The predicted octanol–water partition coefficient (Wildman–Crippen LogP) is 2.35. The number of benzene rings is 2. The molecule has 0 aliphatic rings. The van der Waals surface area contributed by atoms with Crippen molar-refractivity contribution >= 4 is 33.9 Å². The molecule has 3 rings (SSSR count). The number of sulfonamides is 1. The van der Waals surface area contributed by atoms with Crippen LogP contribution >= 0.6 is 0 Å². The first kappa shape index (κ1) is 22.6. The maximum Gasteiger partial charge on any atom is 0.308 e. The number of pyridine rings is 1. The number of hydrogen-bond acceptors (Lipinski definition) is 7. The Balaban J connectivity index is 1.72. The molecule has 0 aliphatic heterocycles. The summed E-state index contributed by atoms with van der Waals surface area (Å²) in [6.45, 7) is 0.786. The molecule has 0 bridgehead atoms. The molecule has 9 nitrogen and oxygen atoms in total. The minimum Gasteiger partial charge on any atom is -0.427 e. The first-order valence-electron chi connectivity index (χ1n) is 9.45. The van der Waals surface area contributed by atoms with Gasteiger partial charge in [0, 0.05) is 13.1 Å². The van der Waals surface area contributed by atoms with Crippen molar-refractivity contribution < 1.29 is 22.7 Å². The quantitative estimate of drug-likeness (QED) is 0.243. The molecule has 0 aliphatic carbocycles. The van der Waals surface area contributed by atoms with E-state index in [1.165, 1.54) is 37.5 Å². The van der Waals surface area contributed by atoms with E-state index in [-0.39, 0.29) is 10.7 Å². The van der Waals surface area contributed by atoms with E-state index in [0.717, 1.165) is 4.31 Å². The number of hydrogen-bond donors (Lipinski definition) is 1. The van der Waals surface area contributed by atoms with E-state index in [1.807, 2.05) is 0 Å². The summed E-state index contributed by atoms with van der Waals surface area (Å²) >= 11 is 0. The Hall–Kier alpha value is -4.05. The van der Waals surface area contributed by atoms with Gasteiger partial charge in [0.2, 0.25) is 0 Å². The fraction of sp³-hybridized carbons (Fsp3) is 0.0909. The summed E-state index contributed by atoms with van der Waals surface area (Å²) in [6.07, 6.45) is 2.82. The minimum atomic E-state index is -4.02. The highest BCUT2D eigenvalue weighted by molar-refractivity contribution is 7.92. The first-order chi connectivity index (χ1) is 15.4. The summed E-state index contributed by atoms with van der Waals surface area (Å²) < 4.78 is 32.1. The van der Waals surface area contributed by atoms with Crippen LogP contribution in [0, 0.1) is 0 Å². The number of esters is 1. The van der Waals surface area contributed by atoms with Crippen molar-refractivity contribution in [3.8, 4) is 5.75 Å². The van der Waals surface area contributed by atoms with Crippen LogP contribution in [0.2, 0.25) is 0 Å². The molecule has 0 fully saturated rings. The molecule has 1 heterocycles. The maximum atomic E-state index is 13.1. The van der Waals surface area contributed by atoms with Crippen LogP contribution in [0.15, 0.2) is 89.0 Å². The number of carbonyl (C=O) groups is 2. The molecule has 1 aromatic heterocycles. The lowest BCUT2D eigenvalue weighted by molar-refractivity contribution is -0.131. The highest BCUT2D eigenvalue weighted by Crippen LogP contribution is 2.21. The van der Waals surface area contributed by atoms with Crippen molar-refractivity contribution in [1.82, 2.24) is 10.4 Å². The van der Waals surface area contributed by atoms with Crippen LogP contribution in [-0.4, -0.2) is 38.0 Å². The van der Waals surface area contributed by atoms with Gasteiger partial charge in [0.1, 0.15) is 18.1 Å². The monoisotopic (exact) mass is 452 g/mol. The number of carbonyl (C=O) groups excluding carboxylic acids is 2. The summed E-state index contributed by atoms with van der Waals surface area (Å²) in [5.74, 6) is -0.586. The second-order valence-electron chi connectivity index (χ2n) is 6.47. The Morgan fingerprint density at radius 3 is 2.34 bits per heavy atom. The molecular weight excluding hydrogens is 432 g/mol. The molecule has 0 atom stereocenters. The van der Waals surface area contributed by atoms with Gasteiger partial charge in [0.25, 0.3) is 15.9 Å². The van der Waals surface area contributed by atoms with Gasteiger partial charge in [-0.1, -0.05) is 24.3 Å². The first-order valence-corrected chi connectivity index (χ1v) is 10.9. The Morgan fingerprint density at radius 1 is 1.03 bits per heavy atom. The number of ether oxygens (including phenoxy) is 1. The number of amides is 1. The van der Waals surface area contributed by atoms with Crippen molar-refractivity contribution in [2.45, 2.75) is 11.8 Å². The van der Waals surface area contributed by atoms with Gasteiger partial charge in [0.15, 0.2) is 0 Å². The molecule has 10 heteroatoms. The molecule has 164 valence electrons. The minimum absolute atomic E-state index is 0.0369. The molecule has 0 spiro atoms. The fourth-order valence-corrected chi connectivity index (χ4v) is 4.04. The topological polar surface area (TPSA) is 118 Å². The van der Waals surface area contributed by atoms with Crippen LogP contribution in [0.5, 0.6) is 5.75 Å². The van der Waals surface area contributed by atoms with Crippen LogP contribution in [0.3, 0.4) is 0 Å². The summed E-state index contributed by atoms with van der Waals surface area (Å²) in [6, 6.07) is 19.0. The van der Waals surface area contributed by atoms with Crippen molar-refractivity contribution in [1.29, 1.82) is 0 Å². The van der Waals surface area contributed by atoms with Crippen molar-refractivity contribution in [2.24, 2.45) is 5.10 Å². The van der Waals surface area contributed by atoms with Crippen LogP contribution < -0.4 is 14.5 Å². The van der Waals surface area contributed by atoms with Gasteiger partial charge in [-0.05, 0) is 54.1 Å². The Labute approximate surface area is 185 Å². The number of nitrogens with one attached hydrogen (secondary N) is 1. The number of nitrogens with zero attached hydrogens (tertiary/aromatic N) is 3. The summed E-state index contributed by atoms with van der Waals surface area (Å²) in [4.78, 5) is 27.5. The zero-order valence-corrected chi connectivity index (χ0v) is 17.9. The number of anilines is 1. The molecule has 0 radical (unpaired) electrons. The maximum absolute atomic E-state index is 13.1. The van der Waals surface area contributed by atoms with Gasteiger partial charge in [-0.15, -0.1) is 0 Å². The average molecular weight is 452 g/mol. The SMILES string of the molecule is CC(=O)Oc1ccc(/C=N\NC(=O)CN(c2ccccn2)S(=O)(=O)c2ccccc2)cc1. The molecular formula is C22H20N4O5S. The van der Waals surface area contributed by atoms with E-state index in [1.54, 1.807) is 54.6 Å². The molecule has 1 amide bonds. The van der Waals surface area contributed by atoms with E-state index >= 15 is 0 Å². The number of hydrazone groups is 1. The largest absolute Gasteiger partial charge is 0.427 e. The third kappa shape index (κ3) is 5.99. The Kier molecular flexibility index (Phi) is 7.29. The summed E-state index contributed by atoms with van der Waals surface area (Å²) in [5.41, 5.74) is 2.95. The van der Waals surface area contributed by atoms with E-state index in [9.17, 15) is 18.0 Å². The molecule has 32 heavy (non-hydrogen) atoms. The Morgan fingerprint density at radius 2 is 1.72 bits per heavy atom. The van der Waals surface area contributed by atoms with Crippen molar-refractivity contribution in [3.63, 3.8) is 0 Å². The highest BCUT2D eigenvalue weighted by atomic mass is 32.2. The number of aromatic nitrogens is 1. The van der Waals surface area contributed by atoms with E-state index < -0.39 is 28.4 Å². The lowest BCUT2D eigenvalue weighted by atomic mass is 10.2. The second kappa shape index (κ2) is 10.3. The lowest BCUT2D eigenvalue weighted by Gasteiger charge is -2.22. The second-order valence-corrected chi connectivity index (χ2v) is 8.33. The lowest BCUT2D eigenvalue weighted by Crippen LogP contribution is -2.40. The van der Waals surface area contributed by atoms with Gasteiger partial charge < -0.3 is 4.74 Å². The Bertz CT molecular complexity index is 1200. The number of rotatable bonds is 8.